The molecule has 4 nitrogen and oxygen atoms in total. The van der Waals surface area contributed by atoms with Crippen LogP contribution in [-0.2, 0) is 6.54 Å². The highest BCUT2D eigenvalue weighted by Gasteiger charge is 2.26. The van der Waals surface area contributed by atoms with Crippen molar-refractivity contribution in [3.05, 3.63) is 35.4 Å². The quantitative estimate of drug-likeness (QED) is 0.848. The molecular formula is C19H30N2O2. The fourth-order valence-corrected chi connectivity index (χ4v) is 3.20. The maximum Gasteiger partial charge on any atom is 0.251 e. The molecule has 0 saturated carbocycles. The monoisotopic (exact) mass is 318 g/mol. The van der Waals surface area contributed by atoms with Crippen LogP contribution in [0, 0.1) is 5.92 Å². The lowest BCUT2D eigenvalue weighted by Crippen LogP contribution is -2.45. The van der Waals surface area contributed by atoms with Crippen LogP contribution in [0.3, 0.4) is 0 Å². The van der Waals surface area contributed by atoms with Crippen LogP contribution in [0.25, 0.3) is 0 Å². The highest BCUT2D eigenvalue weighted by Crippen LogP contribution is 2.22. The minimum absolute atomic E-state index is 0.00808. The molecule has 2 unspecified atom stereocenters. The van der Waals surface area contributed by atoms with Gasteiger partial charge in [-0.15, -0.1) is 0 Å². The van der Waals surface area contributed by atoms with Crippen molar-refractivity contribution in [1.29, 1.82) is 0 Å². The first-order valence-electron chi connectivity index (χ1n) is 8.76. The predicted molar refractivity (Wildman–Crippen MR) is 93.3 cm³/mol. The lowest BCUT2D eigenvalue weighted by Gasteiger charge is -2.37. The van der Waals surface area contributed by atoms with Gasteiger partial charge < -0.3 is 10.4 Å². The van der Waals surface area contributed by atoms with E-state index < -0.39 is 0 Å². The Bertz CT molecular complexity index is 514. The summed E-state index contributed by atoms with van der Waals surface area (Å²) in [5, 5.41) is 12.9. The summed E-state index contributed by atoms with van der Waals surface area (Å²) in [5.74, 6) is 0.438. The molecule has 23 heavy (non-hydrogen) atoms. The summed E-state index contributed by atoms with van der Waals surface area (Å²) in [6.45, 7) is 8.55. The first-order valence-corrected chi connectivity index (χ1v) is 8.76. The number of carbonyl (C=O) groups excluding carboxylic acids is 1. The second-order valence-electron chi connectivity index (χ2n) is 7.08. The zero-order valence-electron chi connectivity index (χ0n) is 14.6. The van der Waals surface area contributed by atoms with E-state index in [-0.39, 0.29) is 18.1 Å². The zero-order valence-corrected chi connectivity index (χ0v) is 14.6. The van der Waals surface area contributed by atoms with Crippen molar-refractivity contribution in [3.63, 3.8) is 0 Å². The molecule has 1 saturated heterocycles. The smallest absolute Gasteiger partial charge is 0.251 e. The number of nitrogens with zero attached hydrogens (tertiary/aromatic N) is 1. The van der Waals surface area contributed by atoms with Gasteiger partial charge in [0.15, 0.2) is 0 Å². The Morgan fingerprint density at radius 1 is 1.35 bits per heavy atom. The fraction of sp³-hybridized carbons (Fsp3) is 0.632. The molecular weight excluding hydrogens is 288 g/mol. The van der Waals surface area contributed by atoms with Crippen molar-refractivity contribution in [2.75, 3.05) is 13.1 Å². The predicted octanol–water partition coefficient (Wildman–Crippen LogP) is 2.81. The highest BCUT2D eigenvalue weighted by molar-refractivity contribution is 5.94. The van der Waals surface area contributed by atoms with Gasteiger partial charge in [-0.05, 0) is 49.9 Å². The molecule has 0 radical (unpaired) electrons. The lowest BCUT2D eigenvalue weighted by atomic mass is 9.97. The Balaban J connectivity index is 2.02. The van der Waals surface area contributed by atoms with Gasteiger partial charge in [-0.3, -0.25) is 9.69 Å². The van der Waals surface area contributed by atoms with E-state index in [9.17, 15) is 9.90 Å². The van der Waals surface area contributed by atoms with E-state index in [1.807, 2.05) is 25.1 Å². The Morgan fingerprint density at radius 2 is 2.13 bits per heavy atom. The normalized spacial score (nSPS) is 20.5. The molecule has 1 aliphatic rings. The van der Waals surface area contributed by atoms with Gasteiger partial charge in [0.25, 0.3) is 5.91 Å². The number of hydrogen-bond acceptors (Lipinski definition) is 3. The molecule has 0 bridgehead atoms. The Labute approximate surface area is 139 Å². The van der Waals surface area contributed by atoms with Crippen molar-refractivity contribution in [1.82, 2.24) is 10.2 Å². The van der Waals surface area contributed by atoms with Gasteiger partial charge in [-0.25, -0.2) is 0 Å². The first kappa shape index (κ1) is 18.0. The number of hydrogen-bond donors (Lipinski definition) is 2. The maximum absolute atomic E-state index is 12.2. The van der Waals surface area contributed by atoms with Gasteiger partial charge in [-0.1, -0.05) is 32.4 Å². The van der Waals surface area contributed by atoms with Crippen LogP contribution in [0.5, 0.6) is 0 Å². The van der Waals surface area contributed by atoms with E-state index in [2.05, 4.69) is 30.1 Å². The Kier molecular flexibility index (Phi) is 6.60. The van der Waals surface area contributed by atoms with Gasteiger partial charge in [0, 0.05) is 24.7 Å². The molecule has 0 aromatic heterocycles. The molecule has 0 spiro atoms. The maximum atomic E-state index is 12.2. The molecule has 1 aliphatic heterocycles. The number of aliphatic hydroxyl groups excluding tert-OH is 1. The molecule has 1 aromatic carbocycles. The average Bonchev–Trinajstić information content (AvgIpc) is 2.53. The number of amides is 1. The molecule has 1 aromatic rings. The summed E-state index contributed by atoms with van der Waals surface area (Å²) in [7, 11) is 0. The third kappa shape index (κ3) is 5.33. The molecule has 4 heteroatoms. The van der Waals surface area contributed by atoms with Crippen molar-refractivity contribution in [3.8, 4) is 0 Å². The zero-order chi connectivity index (χ0) is 16.8. The number of nitrogens with one attached hydrogen (secondary N) is 1. The summed E-state index contributed by atoms with van der Waals surface area (Å²) in [6.07, 6.45) is 3.10. The van der Waals surface area contributed by atoms with E-state index in [0.717, 1.165) is 25.1 Å². The Hall–Kier alpha value is -1.39. The third-order valence-electron chi connectivity index (χ3n) is 4.47. The van der Waals surface area contributed by atoms with E-state index in [1.165, 1.54) is 12.8 Å². The topological polar surface area (TPSA) is 52.6 Å². The third-order valence-corrected chi connectivity index (χ3v) is 4.47. The van der Waals surface area contributed by atoms with Crippen LogP contribution in [-0.4, -0.2) is 41.1 Å². The van der Waals surface area contributed by atoms with Gasteiger partial charge in [-0.2, -0.15) is 0 Å². The standard InChI is InChI=1S/C19H30N2O2/c1-14(2)12-20-19(23)17-8-6-7-16(11-17)13-21-10-5-4-9-18(21)15(3)22/h6-8,11,14-15,18,22H,4-5,9-10,12-13H2,1-3H3,(H,20,23). The molecule has 128 valence electrons. The van der Waals surface area contributed by atoms with Crippen LogP contribution >= 0.6 is 0 Å². The second-order valence-corrected chi connectivity index (χ2v) is 7.08. The van der Waals surface area contributed by atoms with Gasteiger partial charge in [0.2, 0.25) is 0 Å². The number of benzene rings is 1. The molecule has 1 fully saturated rings. The van der Waals surface area contributed by atoms with Gasteiger partial charge >= 0.3 is 0 Å². The molecule has 0 aliphatic carbocycles. The van der Waals surface area contributed by atoms with Crippen molar-refractivity contribution < 1.29 is 9.90 Å². The van der Waals surface area contributed by atoms with Crippen molar-refractivity contribution in [2.45, 2.75) is 58.7 Å². The summed E-state index contributed by atoms with van der Waals surface area (Å²) in [6, 6.07) is 8.07. The molecule has 2 rings (SSSR count). The van der Waals surface area contributed by atoms with E-state index in [1.54, 1.807) is 0 Å². The van der Waals surface area contributed by atoms with Crippen LogP contribution in [0.15, 0.2) is 24.3 Å². The highest BCUT2D eigenvalue weighted by atomic mass is 16.3. The van der Waals surface area contributed by atoms with Gasteiger partial charge in [0.1, 0.15) is 0 Å². The van der Waals surface area contributed by atoms with Crippen molar-refractivity contribution >= 4 is 5.91 Å². The summed E-state index contributed by atoms with van der Waals surface area (Å²) < 4.78 is 0. The number of piperidine rings is 1. The van der Waals surface area contributed by atoms with E-state index >= 15 is 0 Å². The van der Waals surface area contributed by atoms with Gasteiger partial charge in [0.05, 0.1) is 6.10 Å². The van der Waals surface area contributed by atoms with E-state index in [0.29, 0.717) is 18.0 Å². The molecule has 2 N–H and O–H groups in total. The largest absolute Gasteiger partial charge is 0.392 e. The minimum atomic E-state index is -0.312. The minimum Gasteiger partial charge on any atom is -0.392 e. The first-order chi connectivity index (χ1) is 11.0. The number of rotatable bonds is 6. The molecule has 1 heterocycles. The van der Waals surface area contributed by atoms with Crippen molar-refractivity contribution in [2.24, 2.45) is 5.92 Å². The Morgan fingerprint density at radius 3 is 2.83 bits per heavy atom. The lowest BCUT2D eigenvalue weighted by molar-refractivity contribution is 0.0316. The van der Waals surface area contributed by atoms with E-state index in [4.69, 9.17) is 0 Å². The van der Waals surface area contributed by atoms with Crippen LogP contribution in [0.2, 0.25) is 0 Å². The number of aliphatic hydroxyl groups is 1. The van der Waals surface area contributed by atoms with Crippen LogP contribution < -0.4 is 5.32 Å². The average molecular weight is 318 g/mol. The number of likely N-dealkylation sites (tertiary alicyclic amines) is 1. The summed E-state index contributed by atoms with van der Waals surface area (Å²) >= 11 is 0. The second kappa shape index (κ2) is 8.46. The molecule has 1 amide bonds. The SMILES string of the molecule is CC(C)CNC(=O)c1cccc(CN2CCCCC2C(C)O)c1. The van der Waals surface area contributed by atoms with Crippen LogP contribution in [0.1, 0.15) is 56.0 Å². The summed E-state index contributed by atoms with van der Waals surface area (Å²) in [5.41, 5.74) is 1.85. The fourth-order valence-electron chi connectivity index (χ4n) is 3.20. The number of carbonyl (C=O) groups is 1. The summed E-state index contributed by atoms with van der Waals surface area (Å²) in [4.78, 5) is 14.5. The molecule has 2 atom stereocenters. The van der Waals surface area contributed by atoms with Crippen LogP contribution in [0.4, 0.5) is 0 Å².